The summed E-state index contributed by atoms with van der Waals surface area (Å²) in [4.78, 5) is 38.8. The van der Waals surface area contributed by atoms with Gasteiger partial charge in [-0.25, -0.2) is 0 Å². The topological polar surface area (TPSA) is 87.7 Å². The highest BCUT2D eigenvalue weighted by molar-refractivity contribution is 6.05. The van der Waals surface area contributed by atoms with Gasteiger partial charge < -0.3 is 20.3 Å². The van der Waals surface area contributed by atoms with E-state index in [1.807, 2.05) is 20.8 Å². The quantitative estimate of drug-likeness (QED) is 0.773. The zero-order chi connectivity index (χ0) is 19.3. The van der Waals surface area contributed by atoms with Crippen LogP contribution in [-0.4, -0.2) is 55.0 Å². The number of anilines is 1. The van der Waals surface area contributed by atoms with Gasteiger partial charge in [-0.1, -0.05) is 12.1 Å². The third-order valence-corrected chi connectivity index (χ3v) is 4.32. The third-order valence-electron chi connectivity index (χ3n) is 4.32. The molecule has 2 atom stereocenters. The van der Waals surface area contributed by atoms with Crippen molar-refractivity contribution in [3.63, 3.8) is 0 Å². The Morgan fingerprint density at radius 2 is 1.96 bits per heavy atom. The molecule has 1 fully saturated rings. The second-order valence-corrected chi connectivity index (χ2v) is 6.91. The number of nitrogens with one attached hydrogen (secondary N) is 2. The summed E-state index contributed by atoms with van der Waals surface area (Å²) in [6.45, 7) is 6.43. The molecule has 0 aliphatic carbocycles. The summed E-state index contributed by atoms with van der Waals surface area (Å²) in [5.74, 6) is -0.993. The van der Waals surface area contributed by atoms with Crippen molar-refractivity contribution >= 4 is 23.4 Å². The highest BCUT2D eigenvalue weighted by Gasteiger charge is 2.36. The number of ether oxygens (including phenoxy) is 1. The van der Waals surface area contributed by atoms with Crippen molar-refractivity contribution in [3.8, 4) is 0 Å². The Balaban J connectivity index is 2.07. The lowest BCUT2D eigenvalue weighted by Gasteiger charge is -2.24. The number of benzene rings is 1. The highest BCUT2D eigenvalue weighted by Crippen LogP contribution is 2.23. The van der Waals surface area contributed by atoms with Gasteiger partial charge in [-0.15, -0.1) is 0 Å². The number of amides is 3. The number of likely N-dealkylation sites (tertiary alicyclic amines) is 1. The lowest BCUT2D eigenvalue weighted by atomic mass is 10.1. The Morgan fingerprint density at radius 3 is 2.62 bits per heavy atom. The minimum Gasteiger partial charge on any atom is -0.383 e. The van der Waals surface area contributed by atoms with Gasteiger partial charge in [-0.05, 0) is 32.9 Å². The van der Waals surface area contributed by atoms with E-state index in [-0.39, 0.29) is 36.2 Å². The van der Waals surface area contributed by atoms with E-state index in [2.05, 4.69) is 10.6 Å². The molecular weight excluding hydrogens is 334 g/mol. The molecular formula is C19H27N3O4. The largest absolute Gasteiger partial charge is 0.383 e. The molecule has 7 nitrogen and oxygen atoms in total. The smallest absolute Gasteiger partial charge is 0.253 e. The fraction of sp³-hybridized carbons (Fsp3) is 0.526. The lowest BCUT2D eigenvalue weighted by molar-refractivity contribution is -0.130. The van der Waals surface area contributed by atoms with Crippen LogP contribution in [0.5, 0.6) is 0 Å². The van der Waals surface area contributed by atoms with E-state index >= 15 is 0 Å². The molecule has 1 aromatic rings. The molecule has 2 N–H and O–H groups in total. The van der Waals surface area contributed by atoms with Crippen molar-refractivity contribution in [2.45, 2.75) is 39.3 Å². The minimum atomic E-state index is -0.442. The standard InChI is InChI=1S/C19H27N3O4/c1-12(2)20-19(25)15-7-5-6-8-16(15)21-18(24)14-9-17(23)22(10-14)13(3)11-26-4/h5-8,12-14H,9-11H2,1-4H3,(H,20,25)(H,21,24)/t13-,14+/m1/s1. The molecule has 2 rings (SSSR count). The van der Waals surface area contributed by atoms with Crippen molar-refractivity contribution in [1.82, 2.24) is 10.2 Å². The first-order valence-electron chi connectivity index (χ1n) is 8.82. The number of hydrogen-bond donors (Lipinski definition) is 2. The van der Waals surface area contributed by atoms with Crippen LogP contribution in [0.3, 0.4) is 0 Å². The molecule has 7 heteroatoms. The molecule has 0 saturated carbocycles. The monoisotopic (exact) mass is 361 g/mol. The molecule has 3 amide bonds. The predicted molar refractivity (Wildman–Crippen MR) is 98.8 cm³/mol. The van der Waals surface area contributed by atoms with E-state index < -0.39 is 5.92 Å². The molecule has 26 heavy (non-hydrogen) atoms. The van der Waals surface area contributed by atoms with Crippen molar-refractivity contribution in [1.29, 1.82) is 0 Å². The van der Waals surface area contributed by atoms with Crippen LogP contribution in [0.1, 0.15) is 37.6 Å². The second kappa shape index (κ2) is 8.80. The molecule has 1 heterocycles. The molecule has 0 unspecified atom stereocenters. The van der Waals surface area contributed by atoms with Crippen molar-refractivity contribution in [2.24, 2.45) is 5.92 Å². The van der Waals surface area contributed by atoms with Crippen LogP contribution in [0.25, 0.3) is 0 Å². The van der Waals surface area contributed by atoms with Gasteiger partial charge in [0.25, 0.3) is 5.91 Å². The molecule has 0 aromatic heterocycles. The van der Waals surface area contributed by atoms with Crippen molar-refractivity contribution in [3.05, 3.63) is 29.8 Å². The zero-order valence-electron chi connectivity index (χ0n) is 15.7. The van der Waals surface area contributed by atoms with Gasteiger partial charge in [-0.3, -0.25) is 14.4 Å². The van der Waals surface area contributed by atoms with E-state index in [1.54, 1.807) is 36.3 Å². The highest BCUT2D eigenvalue weighted by atomic mass is 16.5. The Morgan fingerprint density at radius 1 is 1.27 bits per heavy atom. The maximum Gasteiger partial charge on any atom is 0.253 e. The van der Waals surface area contributed by atoms with Gasteiger partial charge >= 0.3 is 0 Å². The van der Waals surface area contributed by atoms with Crippen LogP contribution in [0.15, 0.2) is 24.3 Å². The predicted octanol–water partition coefficient (Wildman–Crippen LogP) is 1.65. The van der Waals surface area contributed by atoms with Crippen LogP contribution >= 0.6 is 0 Å². The van der Waals surface area contributed by atoms with E-state index in [0.717, 1.165) is 0 Å². The maximum atomic E-state index is 12.6. The van der Waals surface area contributed by atoms with Gasteiger partial charge in [0.2, 0.25) is 11.8 Å². The van der Waals surface area contributed by atoms with Crippen LogP contribution < -0.4 is 10.6 Å². The molecule has 0 spiro atoms. The summed E-state index contributed by atoms with van der Waals surface area (Å²) in [7, 11) is 1.58. The lowest BCUT2D eigenvalue weighted by Crippen LogP contribution is -2.38. The summed E-state index contributed by atoms with van der Waals surface area (Å²) in [6, 6.07) is 6.78. The van der Waals surface area contributed by atoms with E-state index in [1.165, 1.54) is 0 Å². The summed E-state index contributed by atoms with van der Waals surface area (Å²) >= 11 is 0. The number of carbonyl (C=O) groups is 3. The summed E-state index contributed by atoms with van der Waals surface area (Å²) in [5.41, 5.74) is 0.856. The first-order valence-corrected chi connectivity index (χ1v) is 8.82. The van der Waals surface area contributed by atoms with Gasteiger partial charge in [0.1, 0.15) is 0 Å². The Bertz CT molecular complexity index is 675. The number of nitrogens with zero attached hydrogens (tertiary/aromatic N) is 1. The first kappa shape index (κ1) is 19.9. The second-order valence-electron chi connectivity index (χ2n) is 6.91. The molecule has 0 radical (unpaired) electrons. The van der Waals surface area contributed by atoms with Crippen molar-refractivity contribution in [2.75, 3.05) is 25.6 Å². The Labute approximate surface area is 154 Å². The first-order chi connectivity index (χ1) is 12.3. The normalized spacial score (nSPS) is 18.1. The minimum absolute atomic E-state index is 0.00505. The number of rotatable bonds is 7. The number of para-hydroxylation sites is 1. The molecule has 142 valence electrons. The van der Waals surface area contributed by atoms with E-state index in [4.69, 9.17) is 4.74 Å². The average molecular weight is 361 g/mol. The summed E-state index contributed by atoms with van der Waals surface area (Å²) < 4.78 is 5.09. The average Bonchev–Trinajstić information content (AvgIpc) is 2.97. The van der Waals surface area contributed by atoms with E-state index in [0.29, 0.717) is 24.4 Å². The van der Waals surface area contributed by atoms with Gasteiger partial charge in [0.15, 0.2) is 0 Å². The maximum absolute atomic E-state index is 12.6. The fourth-order valence-corrected chi connectivity index (χ4v) is 3.03. The van der Waals surface area contributed by atoms with Gasteiger partial charge in [0.05, 0.1) is 29.8 Å². The Hall–Kier alpha value is -2.41. The van der Waals surface area contributed by atoms with Gasteiger partial charge in [0, 0.05) is 26.1 Å². The Kier molecular flexibility index (Phi) is 6.74. The SMILES string of the molecule is COC[C@@H](C)N1C[C@@H](C(=O)Nc2ccccc2C(=O)NC(C)C)CC1=O. The number of methoxy groups -OCH3 is 1. The van der Waals surface area contributed by atoms with Crippen LogP contribution in [0.2, 0.25) is 0 Å². The van der Waals surface area contributed by atoms with E-state index in [9.17, 15) is 14.4 Å². The number of carbonyl (C=O) groups excluding carboxylic acids is 3. The molecule has 0 bridgehead atoms. The molecule has 1 aromatic carbocycles. The zero-order valence-corrected chi connectivity index (χ0v) is 15.7. The summed E-state index contributed by atoms with van der Waals surface area (Å²) in [6.07, 6.45) is 0.167. The third kappa shape index (κ3) is 4.82. The molecule has 1 aliphatic heterocycles. The van der Waals surface area contributed by atoms with Crippen LogP contribution in [-0.2, 0) is 14.3 Å². The fourth-order valence-electron chi connectivity index (χ4n) is 3.03. The van der Waals surface area contributed by atoms with Crippen molar-refractivity contribution < 1.29 is 19.1 Å². The molecule has 1 aliphatic rings. The molecule has 1 saturated heterocycles. The number of hydrogen-bond acceptors (Lipinski definition) is 4. The van der Waals surface area contributed by atoms with Crippen LogP contribution in [0, 0.1) is 5.92 Å². The van der Waals surface area contributed by atoms with Crippen LogP contribution in [0.4, 0.5) is 5.69 Å². The summed E-state index contributed by atoms with van der Waals surface area (Å²) in [5, 5.41) is 5.63. The van der Waals surface area contributed by atoms with Gasteiger partial charge in [-0.2, -0.15) is 0 Å².